The van der Waals surface area contributed by atoms with Crippen molar-refractivity contribution in [2.45, 2.75) is 153 Å². The number of rotatable bonds is 20. The van der Waals surface area contributed by atoms with Crippen molar-refractivity contribution in [3.8, 4) is 39.1 Å². The molecule has 10 aromatic rings. The lowest BCUT2D eigenvalue weighted by Crippen LogP contribution is -2.37. The molecular formula is C77H83F3N12O9S3. The van der Waals surface area contributed by atoms with Crippen molar-refractivity contribution >= 4 is 76.2 Å². The average Bonchev–Trinajstić information content (AvgIpc) is 1.61. The van der Waals surface area contributed by atoms with E-state index in [2.05, 4.69) is 186 Å². The maximum Gasteiger partial charge on any atom is 0.490 e. The standard InChI is InChI=1S/C31H34N4O3S.C23H26N4O2S.C21H22N4O2S.C2HF3O2/c1-4-38-31(36)29-30(35(33-32-29)21-23-8-16-27(37-3)17-9-23)39-28-18-12-25(13-19-28)24-10-14-26(15-11-24)34-20-6-5-7-22(34)2;1-3-29-23(28)21-22(25-26-24-21)30-20-13-9-18(10-14-20)17-7-11-19(12-8-17)27-15-5-4-6-16(27)2;1-14-4-2-3-13-25(14)17-9-5-15(6-10-17)16-7-11-18(12-8-16)28-20-19(21(26)27)22-24-23-20;3-2(4,5)1(6)7/h8-19,22H,4-7,20-21H2,1-3H3;7-14,16H,3-6,15H2,1-2H3,(H,24,25,26);5-12,14H,2-4,13H2,1H3,(H,26,27)(H,22,23,24);(H,6,7). The first-order chi connectivity index (χ1) is 50.3. The number of methoxy groups -OCH3 is 1. The number of benzene rings is 7. The highest BCUT2D eigenvalue weighted by Gasteiger charge is 2.38. The van der Waals surface area contributed by atoms with E-state index >= 15 is 0 Å². The van der Waals surface area contributed by atoms with Crippen molar-refractivity contribution in [3.63, 3.8) is 0 Å². The smallest absolute Gasteiger partial charge is 0.490 e. The molecular weight excluding hydrogens is 1390 g/mol. The molecule has 27 heteroatoms. The maximum absolute atomic E-state index is 12.6. The lowest BCUT2D eigenvalue weighted by atomic mass is 10.0. The fraction of sp³-hybridized carbons (Fsp3) is 0.325. The van der Waals surface area contributed by atoms with Gasteiger partial charge in [-0.15, -0.1) is 25.5 Å². The first-order valence-electron chi connectivity index (χ1n) is 34.5. The molecule has 21 nitrogen and oxygen atoms in total. The Morgan fingerprint density at radius 1 is 0.481 bits per heavy atom. The summed E-state index contributed by atoms with van der Waals surface area (Å²) in [7, 11) is 1.64. The molecule has 13 rings (SSSR count). The molecule has 3 saturated heterocycles. The number of nitrogens with zero attached hydrogens (tertiary/aromatic N) is 10. The molecule has 3 aliphatic heterocycles. The second-order valence-corrected chi connectivity index (χ2v) is 28.1. The predicted octanol–water partition coefficient (Wildman–Crippen LogP) is 17.2. The fourth-order valence-electron chi connectivity index (χ4n) is 12.3. The van der Waals surface area contributed by atoms with Crippen molar-refractivity contribution in [1.82, 2.24) is 45.8 Å². The van der Waals surface area contributed by atoms with Gasteiger partial charge < -0.3 is 39.1 Å². The molecule has 3 aliphatic rings. The first kappa shape index (κ1) is 76.5. The number of anilines is 3. The van der Waals surface area contributed by atoms with Gasteiger partial charge in [0.25, 0.3) is 0 Å². The quantitative estimate of drug-likeness (QED) is 0.0517. The van der Waals surface area contributed by atoms with E-state index in [0.29, 0.717) is 46.4 Å². The van der Waals surface area contributed by atoms with Crippen LogP contribution in [-0.4, -0.2) is 144 Å². The number of carbonyl (C=O) groups is 4. The number of hydrogen-bond acceptors (Lipinski definition) is 19. The number of H-pyrrole nitrogens is 2. The van der Waals surface area contributed by atoms with E-state index in [9.17, 15) is 27.6 Å². The van der Waals surface area contributed by atoms with Gasteiger partial charge in [-0.2, -0.15) is 23.6 Å². The molecule has 3 atom stereocenters. The van der Waals surface area contributed by atoms with Crippen LogP contribution in [0.1, 0.15) is 129 Å². The highest BCUT2D eigenvalue weighted by atomic mass is 32.2. The van der Waals surface area contributed by atoms with E-state index in [-0.39, 0.29) is 23.7 Å². The second-order valence-electron chi connectivity index (χ2n) is 24.9. The summed E-state index contributed by atoms with van der Waals surface area (Å²) >= 11 is 4.13. The second kappa shape index (κ2) is 36.8. The number of hydrogen-bond donors (Lipinski definition) is 4. The Hall–Kier alpha value is -10.1. The number of carboxylic acids is 2. The number of aromatic amines is 2. The van der Waals surface area contributed by atoms with Gasteiger partial charge in [-0.1, -0.05) is 125 Å². The van der Waals surface area contributed by atoms with Crippen molar-refractivity contribution < 1.29 is 56.8 Å². The number of ether oxygens (including phenoxy) is 3. The van der Waals surface area contributed by atoms with Crippen LogP contribution in [0.2, 0.25) is 0 Å². The Morgan fingerprint density at radius 3 is 1.17 bits per heavy atom. The molecule has 3 fully saturated rings. The number of aromatic carboxylic acids is 1. The molecule has 3 unspecified atom stereocenters. The van der Waals surface area contributed by atoms with Gasteiger partial charge in [-0.05, 0) is 216 Å². The van der Waals surface area contributed by atoms with Crippen LogP contribution >= 0.6 is 35.3 Å². The predicted molar refractivity (Wildman–Crippen MR) is 397 cm³/mol. The minimum Gasteiger partial charge on any atom is -0.497 e. The van der Waals surface area contributed by atoms with Crippen molar-refractivity contribution in [2.24, 2.45) is 0 Å². The Kier molecular flexibility index (Phi) is 27.1. The van der Waals surface area contributed by atoms with Crippen LogP contribution in [0.3, 0.4) is 0 Å². The van der Waals surface area contributed by atoms with E-state index in [1.54, 1.807) is 25.6 Å². The van der Waals surface area contributed by atoms with Gasteiger partial charge in [-0.25, -0.2) is 23.9 Å². The molecule has 0 bridgehead atoms. The summed E-state index contributed by atoms with van der Waals surface area (Å²) in [6.07, 6.45) is 6.47. The van der Waals surface area contributed by atoms with Gasteiger partial charge in [0.2, 0.25) is 17.1 Å². The number of aliphatic carboxylic acids is 1. The summed E-state index contributed by atoms with van der Waals surface area (Å²) in [6.45, 7) is 14.9. The number of esters is 2. The third kappa shape index (κ3) is 20.6. The van der Waals surface area contributed by atoms with Crippen molar-refractivity contribution in [3.05, 3.63) is 193 Å². The van der Waals surface area contributed by atoms with E-state index in [4.69, 9.17) is 29.2 Å². The third-order valence-electron chi connectivity index (χ3n) is 17.8. The lowest BCUT2D eigenvalue weighted by Gasteiger charge is -2.35. The Bertz CT molecular complexity index is 4410. The Labute approximate surface area is 614 Å². The summed E-state index contributed by atoms with van der Waals surface area (Å²) in [4.78, 5) is 55.0. The summed E-state index contributed by atoms with van der Waals surface area (Å²) < 4.78 is 49.0. The topological polar surface area (TPSA) is 260 Å². The van der Waals surface area contributed by atoms with Crippen LogP contribution < -0.4 is 19.4 Å². The summed E-state index contributed by atoms with van der Waals surface area (Å²) in [5, 5.41) is 46.7. The van der Waals surface area contributed by atoms with E-state index in [0.717, 1.165) is 67.9 Å². The van der Waals surface area contributed by atoms with Crippen molar-refractivity contribution in [2.75, 3.05) is 54.7 Å². The van der Waals surface area contributed by atoms with E-state index < -0.39 is 30.1 Å². The molecule has 544 valence electrons. The van der Waals surface area contributed by atoms with Crippen LogP contribution in [-0.2, 0) is 20.8 Å². The van der Waals surface area contributed by atoms with Crippen LogP contribution in [0, 0.1) is 0 Å². The van der Waals surface area contributed by atoms with E-state index in [1.807, 2.05) is 60.7 Å². The number of carboxylic acid groups (broad SMARTS) is 2. The molecule has 0 spiro atoms. The number of aromatic nitrogens is 9. The Morgan fingerprint density at radius 2 is 0.827 bits per heavy atom. The number of nitrogens with one attached hydrogen (secondary N) is 2. The minimum absolute atomic E-state index is 0.0587. The average molecular weight is 1470 g/mol. The fourth-order valence-corrected chi connectivity index (χ4v) is 14.8. The maximum atomic E-state index is 12.6. The zero-order chi connectivity index (χ0) is 73.7. The number of piperidine rings is 3. The molecule has 0 amide bonds. The summed E-state index contributed by atoms with van der Waals surface area (Å²) in [5.74, 6) is -3.99. The summed E-state index contributed by atoms with van der Waals surface area (Å²) in [6, 6.07) is 60.6. The van der Waals surface area contributed by atoms with Crippen LogP contribution in [0.5, 0.6) is 5.75 Å². The SMILES string of the molecule is CC1CCCCN1c1ccc(-c2ccc(Sc3n[nH]nc3C(=O)O)cc2)cc1.CCOC(=O)c1n[nH]nc1Sc1ccc(-c2ccc(N3CCCCC3C)cc2)cc1.CCOC(=O)c1nnn(Cc2ccc(OC)cc2)c1Sc1ccc(-c2ccc(N3CCCCC3C)cc2)cc1.O=C(O)C(F)(F)F. The molecule has 0 radical (unpaired) electrons. The van der Waals surface area contributed by atoms with Crippen LogP contribution in [0.15, 0.2) is 200 Å². The Balaban J connectivity index is 0.000000162. The molecule has 7 aromatic carbocycles. The van der Waals surface area contributed by atoms with Gasteiger partial charge in [0.05, 0.1) is 26.9 Å². The monoisotopic (exact) mass is 1470 g/mol. The summed E-state index contributed by atoms with van der Waals surface area (Å²) in [5.41, 5.74) is 12.2. The zero-order valence-electron chi connectivity index (χ0n) is 58.6. The third-order valence-corrected chi connectivity index (χ3v) is 20.9. The van der Waals surface area contributed by atoms with Crippen molar-refractivity contribution in [1.29, 1.82) is 0 Å². The normalized spacial score (nSPS) is 15.8. The van der Waals surface area contributed by atoms with Gasteiger partial charge in [-0.3, -0.25) is 0 Å². The van der Waals surface area contributed by atoms with Crippen LogP contribution in [0.25, 0.3) is 33.4 Å². The van der Waals surface area contributed by atoms with Gasteiger partial charge in [0, 0.05) is 69.5 Å². The molecule has 6 heterocycles. The molecule has 0 aliphatic carbocycles. The van der Waals surface area contributed by atoms with Crippen LogP contribution in [0.4, 0.5) is 30.2 Å². The first-order valence-corrected chi connectivity index (χ1v) is 36.9. The van der Waals surface area contributed by atoms with Gasteiger partial charge >= 0.3 is 30.1 Å². The molecule has 3 aromatic heterocycles. The molecule has 104 heavy (non-hydrogen) atoms. The number of halogens is 3. The highest BCUT2D eigenvalue weighted by molar-refractivity contribution is 7.99. The molecule has 4 N–H and O–H groups in total. The zero-order valence-corrected chi connectivity index (χ0v) is 61.0. The number of carbonyl (C=O) groups excluding carboxylic acids is 2. The number of alkyl halides is 3. The van der Waals surface area contributed by atoms with Gasteiger partial charge in [0.15, 0.2) is 10.1 Å². The highest BCUT2D eigenvalue weighted by Crippen LogP contribution is 2.37. The minimum atomic E-state index is -5.08. The van der Waals surface area contributed by atoms with E-state index in [1.165, 1.54) is 121 Å². The largest absolute Gasteiger partial charge is 0.497 e. The molecule has 0 saturated carbocycles. The van der Waals surface area contributed by atoms with Gasteiger partial charge in [0.1, 0.15) is 10.8 Å². The lowest BCUT2D eigenvalue weighted by molar-refractivity contribution is -0.192.